The summed E-state index contributed by atoms with van der Waals surface area (Å²) in [5, 5.41) is 3.43. The van der Waals surface area contributed by atoms with Crippen molar-refractivity contribution in [1.82, 2.24) is 9.55 Å². The van der Waals surface area contributed by atoms with Crippen molar-refractivity contribution in [2.24, 2.45) is 7.05 Å². The van der Waals surface area contributed by atoms with Crippen LogP contribution in [0, 0.1) is 6.92 Å². The molecule has 1 amide bonds. The molecule has 1 aliphatic heterocycles. The Hall–Kier alpha value is -3.26. The average Bonchev–Trinajstić information content (AvgIpc) is 2.80. The Balaban J connectivity index is 1.75. The number of ether oxygens (including phenoxy) is 2. The molecule has 0 spiro atoms. The minimum Gasteiger partial charge on any atom is -0.497 e. The lowest BCUT2D eigenvalue weighted by Crippen LogP contribution is -2.33. The Morgan fingerprint density at radius 3 is 2.56 bits per heavy atom. The van der Waals surface area contributed by atoms with Gasteiger partial charge in [-0.3, -0.25) is 9.59 Å². The van der Waals surface area contributed by atoms with Crippen LogP contribution in [0.1, 0.15) is 34.6 Å². The topological polar surface area (TPSA) is 82.4 Å². The highest BCUT2D eigenvalue weighted by Gasteiger charge is 2.34. The van der Waals surface area contributed by atoms with E-state index in [4.69, 9.17) is 9.47 Å². The van der Waals surface area contributed by atoms with Gasteiger partial charge in [0, 0.05) is 30.7 Å². The highest BCUT2D eigenvalue weighted by molar-refractivity contribution is 7.98. The molecule has 2 heterocycles. The van der Waals surface area contributed by atoms with Crippen LogP contribution in [0.3, 0.4) is 0 Å². The quantitative estimate of drug-likeness (QED) is 0.453. The van der Waals surface area contributed by atoms with Gasteiger partial charge in [0.05, 0.1) is 19.8 Å². The van der Waals surface area contributed by atoms with Crippen LogP contribution in [-0.2, 0) is 17.6 Å². The molecule has 0 saturated carbocycles. The van der Waals surface area contributed by atoms with Crippen molar-refractivity contribution in [3.8, 4) is 11.5 Å². The van der Waals surface area contributed by atoms with Crippen molar-refractivity contribution in [3.05, 3.63) is 75.1 Å². The van der Waals surface area contributed by atoms with Gasteiger partial charge in [-0.2, -0.15) is 4.98 Å². The molecular weight excluding hydrogens is 426 g/mol. The fourth-order valence-corrected chi connectivity index (χ4v) is 4.79. The first kappa shape index (κ1) is 22.0. The number of carbonyl (C=O) groups is 1. The van der Waals surface area contributed by atoms with Crippen LogP contribution < -0.4 is 20.3 Å². The molecule has 4 rings (SSSR count). The van der Waals surface area contributed by atoms with Gasteiger partial charge >= 0.3 is 0 Å². The van der Waals surface area contributed by atoms with Crippen LogP contribution in [-0.4, -0.2) is 29.7 Å². The van der Waals surface area contributed by atoms with Gasteiger partial charge < -0.3 is 19.4 Å². The second-order valence-corrected chi connectivity index (χ2v) is 8.65. The summed E-state index contributed by atoms with van der Waals surface area (Å²) in [4.78, 5) is 30.2. The Kier molecular flexibility index (Phi) is 6.23. The molecule has 3 aromatic rings. The number of fused-ring (bicyclic) bond motifs is 1. The number of hydrogen-bond acceptors (Lipinski definition) is 6. The van der Waals surface area contributed by atoms with Crippen LogP contribution in [0.5, 0.6) is 11.5 Å². The van der Waals surface area contributed by atoms with Crippen molar-refractivity contribution in [1.29, 1.82) is 0 Å². The van der Waals surface area contributed by atoms with Crippen molar-refractivity contribution in [3.63, 3.8) is 0 Å². The molecule has 1 N–H and O–H groups in total. The lowest BCUT2D eigenvalue weighted by molar-refractivity contribution is -0.116. The Morgan fingerprint density at radius 2 is 1.88 bits per heavy atom. The zero-order valence-corrected chi connectivity index (χ0v) is 19.3. The molecule has 166 valence electrons. The Morgan fingerprint density at radius 1 is 1.12 bits per heavy atom. The largest absolute Gasteiger partial charge is 0.497 e. The number of benzene rings is 2. The number of aryl methyl sites for hydroxylation is 1. The van der Waals surface area contributed by atoms with Gasteiger partial charge in [0.25, 0.3) is 5.56 Å². The van der Waals surface area contributed by atoms with E-state index in [0.717, 1.165) is 11.1 Å². The number of anilines is 1. The number of nitrogens with one attached hydrogen (secondary N) is 1. The third kappa shape index (κ3) is 4.23. The third-order valence-electron chi connectivity index (χ3n) is 5.60. The van der Waals surface area contributed by atoms with Gasteiger partial charge in [0.15, 0.2) is 5.16 Å². The zero-order chi connectivity index (χ0) is 22.8. The maximum Gasteiger partial charge on any atom is 0.279 e. The Labute approximate surface area is 190 Å². The first-order valence-corrected chi connectivity index (χ1v) is 11.2. The standard InChI is InChI=1S/C24H25N3O4S/c1-14-5-7-15(8-6-14)13-32-24-26-23(29)21-18(12-20(28)25-22(21)27(24)2)17-11-16(30-3)9-10-19(17)31-4/h5-11,18H,12-13H2,1-4H3,(H,25,28)/t18-/m0/s1. The van der Waals surface area contributed by atoms with Crippen molar-refractivity contribution >= 4 is 23.5 Å². The van der Waals surface area contributed by atoms with Gasteiger partial charge in [0.2, 0.25) is 5.91 Å². The number of thioether (sulfide) groups is 1. The van der Waals surface area contributed by atoms with Crippen LogP contribution in [0.4, 0.5) is 5.82 Å². The predicted molar refractivity (Wildman–Crippen MR) is 125 cm³/mol. The van der Waals surface area contributed by atoms with Gasteiger partial charge in [-0.25, -0.2) is 0 Å². The molecule has 0 fully saturated rings. The van der Waals surface area contributed by atoms with E-state index in [1.165, 1.54) is 17.3 Å². The highest BCUT2D eigenvalue weighted by Crippen LogP contribution is 2.41. The SMILES string of the molecule is COc1ccc(OC)c([C@@H]2CC(=O)Nc3c2c(=O)nc(SCc2ccc(C)cc2)n3C)c1. The molecule has 0 saturated heterocycles. The highest BCUT2D eigenvalue weighted by atomic mass is 32.2. The number of hydrogen-bond donors (Lipinski definition) is 1. The minimum atomic E-state index is -0.480. The third-order valence-corrected chi connectivity index (χ3v) is 6.70. The summed E-state index contributed by atoms with van der Waals surface area (Å²) in [7, 11) is 4.95. The molecule has 0 radical (unpaired) electrons. The molecule has 0 unspecified atom stereocenters. The first-order chi connectivity index (χ1) is 15.4. The number of rotatable bonds is 6. The van der Waals surface area contributed by atoms with Crippen molar-refractivity contribution < 1.29 is 14.3 Å². The van der Waals surface area contributed by atoms with E-state index in [0.29, 0.717) is 33.8 Å². The smallest absolute Gasteiger partial charge is 0.279 e. The molecule has 32 heavy (non-hydrogen) atoms. The Bertz CT molecular complexity index is 1220. The average molecular weight is 452 g/mol. The molecule has 0 aliphatic carbocycles. The maximum absolute atomic E-state index is 13.2. The van der Waals surface area contributed by atoms with E-state index in [1.807, 2.05) is 20.0 Å². The van der Waals surface area contributed by atoms with E-state index < -0.39 is 5.92 Å². The normalized spacial score (nSPS) is 15.1. The number of amides is 1. The summed E-state index contributed by atoms with van der Waals surface area (Å²) >= 11 is 1.46. The zero-order valence-electron chi connectivity index (χ0n) is 18.5. The van der Waals surface area contributed by atoms with E-state index in [1.54, 1.807) is 30.9 Å². The maximum atomic E-state index is 13.2. The minimum absolute atomic E-state index is 0.128. The molecule has 7 nitrogen and oxygen atoms in total. The van der Waals surface area contributed by atoms with Crippen LogP contribution in [0.25, 0.3) is 0 Å². The van der Waals surface area contributed by atoms with Crippen LogP contribution in [0.15, 0.2) is 52.4 Å². The lowest BCUT2D eigenvalue weighted by atomic mass is 9.86. The molecule has 1 atom stereocenters. The number of aromatic nitrogens is 2. The fraction of sp³-hybridized carbons (Fsp3) is 0.292. The lowest BCUT2D eigenvalue weighted by Gasteiger charge is -2.28. The molecule has 1 aliphatic rings. The predicted octanol–water partition coefficient (Wildman–Crippen LogP) is 3.87. The summed E-state index contributed by atoms with van der Waals surface area (Å²) in [6, 6.07) is 13.6. The summed E-state index contributed by atoms with van der Waals surface area (Å²) in [5.41, 5.74) is 3.16. The van der Waals surface area contributed by atoms with E-state index >= 15 is 0 Å². The summed E-state index contributed by atoms with van der Waals surface area (Å²) in [6.45, 7) is 2.04. The first-order valence-electron chi connectivity index (χ1n) is 10.2. The molecular formula is C24H25N3O4S. The van der Waals surface area contributed by atoms with Gasteiger partial charge in [0.1, 0.15) is 17.3 Å². The number of carbonyl (C=O) groups excluding carboxylic acids is 1. The summed E-state index contributed by atoms with van der Waals surface area (Å²) < 4.78 is 12.7. The number of nitrogens with zero attached hydrogens (tertiary/aromatic N) is 2. The number of methoxy groups -OCH3 is 2. The molecule has 1 aromatic heterocycles. The van der Waals surface area contributed by atoms with Crippen molar-refractivity contribution in [2.45, 2.75) is 30.2 Å². The van der Waals surface area contributed by atoms with E-state index in [2.05, 4.69) is 34.6 Å². The van der Waals surface area contributed by atoms with Gasteiger partial charge in [-0.15, -0.1) is 0 Å². The second kappa shape index (κ2) is 9.08. The van der Waals surface area contributed by atoms with Gasteiger partial charge in [-0.1, -0.05) is 41.6 Å². The molecule has 2 aromatic carbocycles. The van der Waals surface area contributed by atoms with Crippen molar-refractivity contribution in [2.75, 3.05) is 19.5 Å². The monoisotopic (exact) mass is 451 g/mol. The molecule has 8 heteroatoms. The van der Waals surface area contributed by atoms with Gasteiger partial charge in [-0.05, 0) is 30.7 Å². The summed E-state index contributed by atoms with van der Waals surface area (Å²) in [5.74, 6) is 1.72. The molecule has 0 bridgehead atoms. The van der Waals surface area contributed by atoms with E-state index in [-0.39, 0.29) is 17.9 Å². The van der Waals surface area contributed by atoms with Crippen LogP contribution >= 0.6 is 11.8 Å². The summed E-state index contributed by atoms with van der Waals surface area (Å²) in [6.07, 6.45) is 0.128. The fourth-order valence-electron chi connectivity index (χ4n) is 3.87. The van der Waals surface area contributed by atoms with E-state index in [9.17, 15) is 9.59 Å². The second-order valence-electron chi connectivity index (χ2n) is 7.71. The van der Waals surface area contributed by atoms with Crippen LogP contribution in [0.2, 0.25) is 0 Å².